The van der Waals surface area contributed by atoms with Gasteiger partial charge in [-0.1, -0.05) is 29.8 Å². The molecule has 0 bridgehead atoms. The quantitative estimate of drug-likeness (QED) is 0.783. The van der Waals surface area contributed by atoms with Crippen LogP contribution in [0.4, 0.5) is 4.39 Å². The van der Waals surface area contributed by atoms with Gasteiger partial charge in [-0.3, -0.25) is 14.5 Å². The van der Waals surface area contributed by atoms with E-state index in [1.54, 1.807) is 29.2 Å². The lowest BCUT2D eigenvalue weighted by Gasteiger charge is -2.44. The van der Waals surface area contributed by atoms with E-state index in [0.29, 0.717) is 10.6 Å². The molecule has 7 nitrogen and oxygen atoms in total. The molecule has 0 saturated carbocycles. The summed E-state index contributed by atoms with van der Waals surface area (Å²) in [5, 5.41) is 9.99. The first-order valence-electron chi connectivity index (χ1n) is 9.82. The molecule has 9 heteroatoms. The van der Waals surface area contributed by atoms with E-state index >= 15 is 0 Å². The maximum Gasteiger partial charge on any atom is 0.328 e. The van der Waals surface area contributed by atoms with Crippen LogP contribution < -0.4 is 0 Å². The zero-order valence-electron chi connectivity index (χ0n) is 16.5. The number of amides is 2. The molecule has 1 N–H and O–H groups in total. The summed E-state index contributed by atoms with van der Waals surface area (Å²) in [4.78, 5) is 40.7. The minimum absolute atomic E-state index is 0.0469. The molecular formula is C22H20ClFN2O5. The molecule has 2 aliphatic rings. The van der Waals surface area contributed by atoms with Gasteiger partial charge in [-0.2, -0.15) is 0 Å². The van der Waals surface area contributed by atoms with Crippen LogP contribution in [0.3, 0.4) is 0 Å². The fourth-order valence-corrected chi connectivity index (χ4v) is 4.40. The molecule has 2 aromatic rings. The number of aliphatic carboxylic acids is 1. The van der Waals surface area contributed by atoms with Crippen LogP contribution in [-0.4, -0.2) is 64.2 Å². The fraction of sp³-hybridized carbons (Fsp3) is 0.318. The van der Waals surface area contributed by atoms with E-state index in [1.165, 1.54) is 23.1 Å². The molecule has 2 fully saturated rings. The van der Waals surface area contributed by atoms with Crippen molar-refractivity contribution in [3.05, 3.63) is 70.5 Å². The molecule has 2 aromatic carbocycles. The fourth-order valence-electron chi connectivity index (χ4n) is 4.18. The van der Waals surface area contributed by atoms with Crippen LogP contribution in [0.25, 0.3) is 0 Å². The molecule has 162 valence electrons. The first kappa shape index (κ1) is 21.3. The second-order valence-electron chi connectivity index (χ2n) is 7.57. The number of hydrogen-bond acceptors (Lipinski definition) is 4. The maximum absolute atomic E-state index is 13.7. The highest BCUT2D eigenvalue weighted by molar-refractivity contribution is 6.33. The lowest BCUT2D eigenvalue weighted by molar-refractivity contribution is -0.143. The summed E-state index contributed by atoms with van der Waals surface area (Å²) in [5.41, 5.74) is -0.752. The van der Waals surface area contributed by atoms with Gasteiger partial charge in [-0.25, -0.2) is 9.18 Å². The highest BCUT2D eigenvalue weighted by Gasteiger charge is 2.54. The minimum Gasteiger partial charge on any atom is -0.480 e. The van der Waals surface area contributed by atoms with Gasteiger partial charge in [-0.05, 0) is 30.3 Å². The molecule has 2 heterocycles. The van der Waals surface area contributed by atoms with E-state index in [-0.39, 0.29) is 44.0 Å². The first-order chi connectivity index (χ1) is 14.8. The number of nitrogens with zero attached hydrogens (tertiary/aromatic N) is 2. The van der Waals surface area contributed by atoms with Crippen molar-refractivity contribution in [3.8, 4) is 0 Å². The summed E-state index contributed by atoms with van der Waals surface area (Å²) in [6, 6.07) is 10.7. The Balaban J connectivity index is 1.58. The van der Waals surface area contributed by atoms with E-state index in [2.05, 4.69) is 0 Å². The van der Waals surface area contributed by atoms with Gasteiger partial charge in [0.1, 0.15) is 11.5 Å². The molecule has 1 atom stereocenters. The van der Waals surface area contributed by atoms with Crippen LogP contribution in [-0.2, 0) is 9.53 Å². The van der Waals surface area contributed by atoms with Gasteiger partial charge in [0.05, 0.1) is 17.2 Å². The van der Waals surface area contributed by atoms with E-state index in [1.807, 2.05) is 0 Å². The Hall–Kier alpha value is -2.97. The van der Waals surface area contributed by atoms with E-state index in [9.17, 15) is 23.9 Å². The van der Waals surface area contributed by atoms with E-state index < -0.39 is 29.5 Å². The lowest BCUT2D eigenvalue weighted by Crippen LogP contribution is -2.58. The molecular weight excluding hydrogens is 427 g/mol. The van der Waals surface area contributed by atoms with Crippen molar-refractivity contribution in [2.24, 2.45) is 0 Å². The van der Waals surface area contributed by atoms with E-state index in [4.69, 9.17) is 16.3 Å². The number of halogens is 2. The minimum atomic E-state index is -1.20. The molecule has 31 heavy (non-hydrogen) atoms. The number of rotatable bonds is 3. The Labute approximate surface area is 183 Å². The molecule has 2 amide bonds. The molecule has 1 unspecified atom stereocenters. The van der Waals surface area contributed by atoms with Gasteiger partial charge in [0, 0.05) is 31.5 Å². The predicted octanol–water partition coefficient (Wildman–Crippen LogP) is 3.04. The predicted molar refractivity (Wildman–Crippen MR) is 109 cm³/mol. The van der Waals surface area contributed by atoms with Crippen molar-refractivity contribution < 1.29 is 28.6 Å². The van der Waals surface area contributed by atoms with Gasteiger partial charge in [-0.15, -0.1) is 0 Å². The van der Waals surface area contributed by atoms with Crippen LogP contribution in [0, 0.1) is 5.82 Å². The normalized spacial score (nSPS) is 20.1. The monoisotopic (exact) mass is 446 g/mol. The Bertz CT molecular complexity index is 1040. The highest BCUT2D eigenvalue weighted by atomic mass is 35.5. The van der Waals surface area contributed by atoms with Crippen LogP contribution in [0.15, 0.2) is 48.5 Å². The summed E-state index contributed by atoms with van der Waals surface area (Å²) in [5.74, 6) is -2.64. The van der Waals surface area contributed by atoms with Crippen LogP contribution in [0.1, 0.15) is 33.6 Å². The Morgan fingerprint density at radius 3 is 2.42 bits per heavy atom. The standard InChI is InChI=1S/C22H20ClFN2O5/c23-17-7-2-1-6-16(17)20(28)25-10-8-22(9-11-25)26(18(13-31-22)21(29)30)19(27)14-4-3-5-15(24)12-14/h1-7,12,18H,8-11,13H2,(H,29,30). The number of carboxylic acid groups (broad SMARTS) is 1. The Morgan fingerprint density at radius 2 is 1.77 bits per heavy atom. The average Bonchev–Trinajstić information content (AvgIpc) is 3.12. The third-order valence-electron chi connectivity index (χ3n) is 5.77. The van der Waals surface area contributed by atoms with Gasteiger partial charge in [0.25, 0.3) is 11.8 Å². The SMILES string of the molecule is O=C(O)C1COC2(CCN(C(=O)c3ccccc3Cl)CC2)N1C(=O)c1cccc(F)c1. The first-order valence-corrected chi connectivity index (χ1v) is 10.2. The number of carbonyl (C=O) groups is 3. The van der Waals surface area contributed by atoms with Gasteiger partial charge in [0.15, 0.2) is 6.04 Å². The molecule has 2 saturated heterocycles. The van der Waals surface area contributed by atoms with Crippen molar-refractivity contribution in [2.45, 2.75) is 24.6 Å². The number of ether oxygens (including phenoxy) is 1. The van der Waals surface area contributed by atoms with Crippen molar-refractivity contribution in [1.82, 2.24) is 9.80 Å². The molecule has 2 aliphatic heterocycles. The smallest absolute Gasteiger partial charge is 0.328 e. The highest BCUT2D eigenvalue weighted by Crippen LogP contribution is 2.39. The zero-order valence-corrected chi connectivity index (χ0v) is 17.2. The number of likely N-dealkylation sites (tertiary alicyclic amines) is 1. The maximum atomic E-state index is 13.7. The van der Waals surface area contributed by atoms with Crippen LogP contribution in [0.5, 0.6) is 0 Å². The average molecular weight is 447 g/mol. The second-order valence-corrected chi connectivity index (χ2v) is 7.98. The number of piperidine rings is 1. The molecule has 0 aliphatic carbocycles. The summed E-state index contributed by atoms with van der Waals surface area (Å²) >= 11 is 6.14. The van der Waals surface area contributed by atoms with E-state index in [0.717, 1.165) is 6.07 Å². The second kappa shape index (κ2) is 8.28. The number of carboxylic acids is 1. The number of hydrogen-bond donors (Lipinski definition) is 1. The molecule has 0 radical (unpaired) electrons. The summed E-state index contributed by atoms with van der Waals surface area (Å²) in [6.07, 6.45) is 0.460. The number of carbonyl (C=O) groups excluding carboxylic acids is 2. The van der Waals surface area contributed by atoms with Gasteiger partial charge in [0.2, 0.25) is 0 Å². The zero-order chi connectivity index (χ0) is 22.2. The van der Waals surface area contributed by atoms with Crippen molar-refractivity contribution >= 4 is 29.4 Å². The summed E-state index contributed by atoms with van der Waals surface area (Å²) < 4.78 is 19.5. The largest absolute Gasteiger partial charge is 0.480 e. The molecule has 4 rings (SSSR count). The third-order valence-corrected chi connectivity index (χ3v) is 6.10. The third kappa shape index (κ3) is 3.88. The van der Waals surface area contributed by atoms with Crippen molar-refractivity contribution in [1.29, 1.82) is 0 Å². The Morgan fingerprint density at radius 1 is 1.06 bits per heavy atom. The Kier molecular flexibility index (Phi) is 5.68. The summed E-state index contributed by atoms with van der Waals surface area (Å²) in [7, 11) is 0. The van der Waals surface area contributed by atoms with Crippen LogP contribution >= 0.6 is 11.6 Å². The van der Waals surface area contributed by atoms with Gasteiger partial charge < -0.3 is 14.7 Å². The molecule has 1 spiro atoms. The number of benzene rings is 2. The van der Waals surface area contributed by atoms with Crippen molar-refractivity contribution in [2.75, 3.05) is 19.7 Å². The summed E-state index contributed by atoms with van der Waals surface area (Å²) in [6.45, 7) is 0.335. The van der Waals surface area contributed by atoms with Crippen molar-refractivity contribution in [3.63, 3.8) is 0 Å². The van der Waals surface area contributed by atoms with Gasteiger partial charge >= 0.3 is 5.97 Å². The molecule has 0 aromatic heterocycles. The van der Waals surface area contributed by atoms with Crippen LogP contribution in [0.2, 0.25) is 5.02 Å². The topological polar surface area (TPSA) is 87.2 Å². The lowest BCUT2D eigenvalue weighted by atomic mass is 9.96.